The Morgan fingerprint density at radius 1 is 1.19 bits per heavy atom. The van der Waals surface area contributed by atoms with E-state index in [1.807, 2.05) is 0 Å². The van der Waals surface area contributed by atoms with Crippen LogP contribution in [-0.2, 0) is 0 Å². The molecular weight excluding hydrogens is 397 g/mol. The number of carbonyl (C=O) groups is 1. The Labute approximate surface area is 166 Å². The molecule has 0 amide bonds. The average molecular weight is 412 g/mol. The first-order chi connectivity index (χ1) is 12.4. The zero-order valence-electron chi connectivity index (χ0n) is 13.9. The molecule has 0 atom stereocenters. The Kier molecular flexibility index (Phi) is 7.20. The predicted octanol–water partition coefficient (Wildman–Crippen LogP) is 3.65. The topological polar surface area (TPSA) is 72.0 Å². The fourth-order valence-electron chi connectivity index (χ4n) is 1.88. The van der Waals surface area contributed by atoms with Crippen molar-refractivity contribution in [3.05, 3.63) is 57.6 Å². The van der Waals surface area contributed by atoms with Gasteiger partial charge in [0.1, 0.15) is 0 Å². The zero-order chi connectivity index (χ0) is 19.1. The van der Waals surface area contributed by atoms with Crippen LogP contribution >= 0.6 is 35.4 Å². The first kappa shape index (κ1) is 20.0. The zero-order valence-corrected chi connectivity index (χ0v) is 16.2. The number of rotatable bonds is 5. The van der Waals surface area contributed by atoms with Gasteiger partial charge < -0.3 is 14.8 Å². The number of hydrazone groups is 1. The molecule has 6 nitrogen and oxygen atoms in total. The Hall–Kier alpha value is -2.35. The summed E-state index contributed by atoms with van der Waals surface area (Å²) in [5.41, 5.74) is 3.56. The molecule has 2 rings (SSSR count). The van der Waals surface area contributed by atoms with Gasteiger partial charge in [0.05, 0.1) is 23.9 Å². The molecular formula is C17H15Cl2N3O3S. The minimum atomic E-state index is -0.618. The van der Waals surface area contributed by atoms with E-state index in [-0.39, 0.29) is 16.3 Å². The molecule has 0 heterocycles. The van der Waals surface area contributed by atoms with Crippen LogP contribution in [0.3, 0.4) is 0 Å². The third-order valence-electron chi connectivity index (χ3n) is 3.15. The molecule has 0 aliphatic heterocycles. The van der Waals surface area contributed by atoms with Crippen LogP contribution in [0.4, 0.5) is 0 Å². The van der Waals surface area contributed by atoms with E-state index in [1.54, 1.807) is 37.5 Å². The van der Waals surface area contributed by atoms with Crippen molar-refractivity contribution in [3.63, 3.8) is 0 Å². The van der Waals surface area contributed by atoms with E-state index in [0.29, 0.717) is 15.9 Å². The molecule has 0 radical (unpaired) electrons. The van der Waals surface area contributed by atoms with Crippen LogP contribution in [0, 0.1) is 0 Å². The Balaban J connectivity index is 2.16. The predicted molar refractivity (Wildman–Crippen MR) is 107 cm³/mol. The van der Waals surface area contributed by atoms with Crippen molar-refractivity contribution in [1.29, 1.82) is 0 Å². The lowest BCUT2D eigenvalue weighted by molar-refractivity contribution is 0.0730. The van der Waals surface area contributed by atoms with E-state index in [9.17, 15) is 4.79 Å². The van der Waals surface area contributed by atoms with Crippen molar-refractivity contribution in [1.82, 2.24) is 10.7 Å². The third-order valence-corrected chi connectivity index (χ3v) is 3.99. The van der Waals surface area contributed by atoms with Crippen LogP contribution in [0.25, 0.3) is 0 Å². The van der Waals surface area contributed by atoms with Crippen molar-refractivity contribution >= 4 is 52.7 Å². The van der Waals surface area contributed by atoms with Crippen LogP contribution in [-0.4, -0.2) is 31.5 Å². The lowest BCUT2D eigenvalue weighted by atomic mass is 10.2. The smallest absolute Gasteiger partial charge is 0.345 e. The van der Waals surface area contributed by atoms with E-state index in [4.69, 9.17) is 44.9 Å². The minimum Gasteiger partial charge on any atom is -0.493 e. The van der Waals surface area contributed by atoms with Crippen molar-refractivity contribution in [2.45, 2.75) is 0 Å². The molecule has 0 bridgehead atoms. The molecule has 2 N–H and O–H groups in total. The summed E-state index contributed by atoms with van der Waals surface area (Å²) in [6, 6.07) is 9.50. The van der Waals surface area contributed by atoms with Crippen LogP contribution < -0.4 is 20.2 Å². The molecule has 0 aromatic heterocycles. The van der Waals surface area contributed by atoms with Crippen LogP contribution in [0.1, 0.15) is 15.9 Å². The number of methoxy groups -OCH3 is 1. The van der Waals surface area contributed by atoms with Crippen LogP contribution in [0.15, 0.2) is 41.5 Å². The Bertz CT molecular complexity index is 859. The minimum absolute atomic E-state index is 0.202. The highest BCUT2D eigenvalue weighted by atomic mass is 35.5. The van der Waals surface area contributed by atoms with Crippen molar-refractivity contribution < 1.29 is 14.3 Å². The van der Waals surface area contributed by atoms with Crippen LogP contribution in [0.2, 0.25) is 10.0 Å². The van der Waals surface area contributed by atoms with Crippen molar-refractivity contribution in [3.8, 4) is 11.5 Å². The fraction of sp³-hybridized carbons (Fsp3) is 0.118. The number of carbonyl (C=O) groups excluding carboxylic acids is 1. The standard InChI is InChI=1S/C17H15Cl2N3O3S/c1-20-17(26)22-21-9-10-3-6-14(15(7-10)24-2)25-16(23)12-5-4-11(18)8-13(12)19/h3-9H,1-2H3,(H2,20,22,26)/b21-9+. The summed E-state index contributed by atoms with van der Waals surface area (Å²) in [7, 11) is 3.15. The second-order valence-corrected chi connectivity index (χ2v) is 6.12. The Morgan fingerprint density at radius 3 is 2.62 bits per heavy atom. The summed E-state index contributed by atoms with van der Waals surface area (Å²) in [6.45, 7) is 0. The molecule has 0 aliphatic carbocycles. The highest BCUT2D eigenvalue weighted by molar-refractivity contribution is 7.80. The van der Waals surface area contributed by atoms with Crippen molar-refractivity contribution in [2.75, 3.05) is 14.2 Å². The summed E-state index contributed by atoms with van der Waals surface area (Å²) < 4.78 is 10.6. The highest BCUT2D eigenvalue weighted by Crippen LogP contribution is 2.29. The van der Waals surface area contributed by atoms with E-state index in [0.717, 1.165) is 5.56 Å². The number of hydrogen-bond donors (Lipinski definition) is 2. The van der Waals surface area contributed by atoms with Gasteiger partial charge in [-0.2, -0.15) is 5.10 Å². The van der Waals surface area contributed by atoms with Gasteiger partial charge >= 0.3 is 5.97 Å². The first-order valence-corrected chi connectivity index (χ1v) is 8.47. The van der Waals surface area contributed by atoms with E-state index < -0.39 is 5.97 Å². The number of halogens is 2. The molecule has 0 aliphatic rings. The molecule has 0 fully saturated rings. The quantitative estimate of drug-likeness (QED) is 0.257. The number of esters is 1. The van der Waals surface area contributed by atoms with Gasteiger partial charge in [0.25, 0.3) is 0 Å². The van der Waals surface area contributed by atoms with Gasteiger partial charge in [-0.1, -0.05) is 23.2 Å². The molecule has 136 valence electrons. The number of thiocarbonyl (C=S) groups is 1. The normalized spacial score (nSPS) is 10.5. The SMILES string of the molecule is CNC(=S)N/N=C/c1ccc(OC(=O)c2ccc(Cl)cc2Cl)c(OC)c1. The second kappa shape index (κ2) is 9.38. The molecule has 26 heavy (non-hydrogen) atoms. The molecule has 2 aromatic rings. The largest absolute Gasteiger partial charge is 0.493 e. The van der Waals surface area contributed by atoms with Crippen molar-refractivity contribution in [2.24, 2.45) is 5.10 Å². The molecule has 9 heteroatoms. The van der Waals surface area contributed by atoms with E-state index in [2.05, 4.69) is 15.8 Å². The van der Waals surface area contributed by atoms with Gasteiger partial charge in [0, 0.05) is 12.1 Å². The van der Waals surface area contributed by atoms with Gasteiger partial charge in [0.2, 0.25) is 0 Å². The summed E-state index contributed by atoms with van der Waals surface area (Å²) in [4.78, 5) is 12.3. The van der Waals surface area contributed by atoms with E-state index >= 15 is 0 Å². The van der Waals surface area contributed by atoms with Gasteiger partial charge in [-0.15, -0.1) is 0 Å². The second-order valence-electron chi connectivity index (χ2n) is 4.87. The summed E-state index contributed by atoms with van der Waals surface area (Å²) in [5, 5.41) is 7.73. The monoisotopic (exact) mass is 411 g/mol. The molecule has 0 unspecified atom stereocenters. The maximum atomic E-state index is 12.3. The maximum Gasteiger partial charge on any atom is 0.345 e. The molecule has 0 saturated heterocycles. The van der Waals surface area contributed by atoms with Gasteiger partial charge in [-0.05, 0) is 54.2 Å². The molecule has 2 aromatic carbocycles. The average Bonchev–Trinajstić information content (AvgIpc) is 2.62. The van der Waals surface area contributed by atoms with Gasteiger partial charge in [0.15, 0.2) is 16.6 Å². The Morgan fingerprint density at radius 2 is 1.96 bits per heavy atom. The molecule has 0 spiro atoms. The van der Waals surface area contributed by atoms with Gasteiger partial charge in [-0.3, -0.25) is 5.43 Å². The molecule has 0 saturated carbocycles. The third kappa shape index (κ3) is 5.32. The lowest BCUT2D eigenvalue weighted by Crippen LogP contribution is -2.28. The number of ether oxygens (including phenoxy) is 2. The first-order valence-electron chi connectivity index (χ1n) is 7.30. The number of hydrogen-bond acceptors (Lipinski definition) is 5. The van der Waals surface area contributed by atoms with E-state index in [1.165, 1.54) is 19.2 Å². The number of nitrogens with one attached hydrogen (secondary N) is 2. The fourth-order valence-corrected chi connectivity index (χ4v) is 2.42. The summed E-state index contributed by atoms with van der Waals surface area (Å²) in [6.07, 6.45) is 1.55. The summed E-state index contributed by atoms with van der Waals surface area (Å²) >= 11 is 16.8. The van der Waals surface area contributed by atoms with Crippen LogP contribution in [0.5, 0.6) is 11.5 Å². The maximum absolute atomic E-state index is 12.3. The number of nitrogens with zero attached hydrogens (tertiary/aromatic N) is 1. The highest BCUT2D eigenvalue weighted by Gasteiger charge is 2.16. The van der Waals surface area contributed by atoms with Gasteiger partial charge in [-0.25, -0.2) is 4.79 Å². The number of benzene rings is 2. The summed E-state index contributed by atoms with van der Waals surface area (Å²) in [5.74, 6) is -0.00429. The lowest BCUT2D eigenvalue weighted by Gasteiger charge is -2.10.